The summed E-state index contributed by atoms with van der Waals surface area (Å²) in [5, 5.41) is 11.5. The fourth-order valence-electron chi connectivity index (χ4n) is 3.12. The van der Waals surface area contributed by atoms with Gasteiger partial charge in [-0.25, -0.2) is 4.98 Å². The van der Waals surface area contributed by atoms with Crippen LogP contribution in [0, 0.1) is 0 Å². The maximum absolute atomic E-state index is 11.9. The molecule has 0 radical (unpaired) electrons. The minimum absolute atomic E-state index is 0.0582. The minimum atomic E-state index is -0.945. The van der Waals surface area contributed by atoms with E-state index in [1.165, 1.54) is 16.9 Å². The number of nitrogens with zero attached hydrogens (tertiary/aromatic N) is 3. The number of benzene rings is 1. The average molecular weight is 388 g/mol. The van der Waals surface area contributed by atoms with Crippen LogP contribution in [0.25, 0.3) is 10.6 Å². The Hall–Kier alpha value is -2.09. The van der Waals surface area contributed by atoms with Gasteiger partial charge < -0.3 is 10.0 Å². The molecule has 0 saturated carbocycles. The summed E-state index contributed by atoms with van der Waals surface area (Å²) in [4.78, 5) is 31.8. The molecule has 1 fully saturated rings. The Kier molecular flexibility index (Phi) is 6.71. The van der Waals surface area contributed by atoms with Gasteiger partial charge in [0.25, 0.3) is 0 Å². The molecule has 2 heterocycles. The van der Waals surface area contributed by atoms with Crippen molar-refractivity contribution in [1.29, 1.82) is 0 Å². The van der Waals surface area contributed by atoms with Crippen LogP contribution < -0.4 is 0 Å². The molecule has 0 aliphatic carbocycles. The lowest BCUT2D eigenvalue weighted by Crippen LogP contribution is -2.43. The van der Waals surface area contributed by atoms with Gasteiger partial charge >= 0.3 is 5.97 Å². The SMILES string of the molecule is CN1CCN(Cc2cccc(-c3nc(CC(=O)CCC(=O)O)cs3)c2)CC1. The zero-order valence-electron chi connectivity index (χ0n) is 15.6. The van der Waals surface area contributed by atoms with Crippen LogP contribution in [0.1, 0.15) is 24.1 Å². The third-order valence-corrected chi connectivity index (χ3v) is 5.66. The Morgan fingerprint density at radius 1 is 1.19 bits per heavy atom. The van der Waals surface area contributed by atoms with Crippen molar-refractivity contribution in [3.8, 4) is 10.6 Å². The molecular weight excluding hydrogens is 362 g/mol. The number of rotatable bonds is 8. The fraction of sp³-hybridized carbons (Fsp3) is 0.450. The van der Waals surface area contributed by atoms with Crippen LogP contribution in [0.15, 0.2) is 29.6 Å². The van der Waals surface area contributed by atoms with Crippen LogP contribution in [0.2, 0.25) is 0 Å². The van der Waals surface area contributed by atoms with E-state index in [4.69, 9.17) is 5.11 Å². The summed E-state index contributed by atoms with van der Waals surface area (Å²) in [6.07, 6.45) is 0.137. The van der Waals surface area contributed by atoms with Crippen molar-refractivity contribution in [2.45, 2.75) is 25.8 Å². The number of aliphatic carboxylic acids is 1. The number of Topliss-reactive ketones (excluding diaryl/α,β-unsaturated/α-hetero) is 1. The summed E-state index contributed by atoms with van der Waals surface area (Å²) in [5.74, 6) is -1.03. The van der Waals surface area contributed by atoms with Gasteiger partial charge in [0.1, 0.15) is 10.8 Å². The van der Waals surface area contributed by atoms with Gasteiger partial charge in [0.15, 0.2) is 0 Å². The molecule has 7 heteroatoms. The third-order valence-electron chi connectivity index (χ3n) is 4.72. The number of carboxylic acid groups (broad SMARTS) is 1. The van der Waals surface area contributed by atoms with Crippen LogP contribution in [-0.4, -0.2) is 64.9 Å². The standard InChI is InChI=1S/C20H25N3O3S/c1-22-7-9-23(10-8-22)13-15-3-2-4-16(11-15)20-21-17(14-27-20)12-18(24)5-6-19(25)26/h2-4,11,14H,5-10,12-13H2,1H3,(H,25,26). The van der Waals surface area contributed by atoms with E-state index in [0.717, 1.165) is 49.0 Å². The topological polar surface area (TPSA) is 73.7 Å². The van der Waals surface area contributed by atoms with Crippen molar-refractivity contribution < 1.29 is 14.7 Å². The van der Waals surface area contributed by atoms with Crippen molar-refractivity contribution in [3.05, 3.63) is 40.9 Å². The van der Waals surface area contributed by atoms with Gasteiger partial charge in [-0.2, -0.15) is 0 Å². The zero-order chi connectivity index (χ0) is 19.2. The maximum atomic E-state index is 11.9. The number of thiazole rings is 1. The quantitative estimate of drug-likeness (QED) is 0.750. The first-order valence-corrected chi connectivity index (χ1v) is 10.1. The van der Waals surface area contributed by atoms with E-state index in [1.807, 2.05) is 11.4 Å². The summed E-state index contributed by atoms with van der Waals surface area (Å²) in [6, 6.07) is 8.42. The number of ketones is 1. The number of carboxylic acids is 1. The highest BCUT2D eigenvalue weighted by Gasteiger charge is 2.15. The molecule has 1 aromatic heterocycles. The highest BCUT2D eigenvalue weighted by atomic mass is 32.1. The molecular formula is C20H25N3O3S. The van der Waals surface area contributed by atoms with Gasteiger partial charge in [-0.3, -0.25) is 14.5 Å². The van der Waals surface area contributed by atoms with Crippen molar-refractivity contribution >= 4 is 23.1 Å². The van der Waals surface area contributed by atoms with E-state index in [-0.39, 0.29) is 25.0 Å². The molecule has 6 nitrogen and oxygen atoms in total. The van der Waals surface area contributed by atoms with E-state index in [1.54, 1.807) is 0 Å². The van der Waals surface area contributed by atoms with Crippen molar-refractivity contribution in [2.24, 2.45) is 0 Å². The Morgan fingerprint density at radius 2 is 1.96 bits per heavy atom. The third kappa shape index (κ3) is 5.95. The number of likely N-dealkylation sites (N-methyl/N-ethyl adjacent to an activating group) is 1. The second-order valence-corrected chi connectivity index (χ2v) is 7.89. The molecule has 0 unspecified atom stereocenters. The predicted octanol–water partition coefficient (Wildman–Crippen LogP) is 2.53. The molecule has 0 spiro atoms. The number of carbonyl (C=O) groups excluding carboxylic acids is 1. The van der Waals surface area contributed by atoms with Gasteiger partial charge in [-0.15, -0.1) is 11.3 Å². The largest absolute Gasteiger partial charge is 0.481 e. The lowest BCUT2D eigenvalue weighted by atomic mass is 10.1. The normalized spacial score (nSPS) is 15.7. The fourth-order valence-corrected chi connectivity index (χ4v) is 3.94. The number of piperazine rings is 1. The van der Waals surface area contributed by atoms with Gasteiger partial charge in [-0.05, 0) is 18.7 Å². The minimum Gasteiger partial charge on any atom is -0.481 e. The van der Waals surface area contributed by atoms with Gasteiger partial charge in [0.2, 0.25) is 0 Å². The van der Waals surface area contributed by atoms with Crippen molar-refractivity contribution in [1.82, 2.24) is 14.8 Å². The van der Waals surface area contributed by atoms with Crippen molar-refractivity contribution in [2.75, 3.05) is 33.2 Å². The zero-order valence-corrected chi connectivity index (χ0v) is 16.4. The Bertz CT molecular complexity index is 797. The van der Waals surface area contributed by atoms with E-state index < -0.39 is 5.97 Å². The molecule has 0 amide bonds. The Morgan fingerprint density at radius 3 is 2.70 bits per heavy atom. The Balaban J connectivity index is 1.61. The molecule has 1 aliphatic heterocycles. The molecule has 1 saturated heterocycles. The second-order valence-electron chi connectivity index (χ2n) is 7.03. The number of carbonyl (C=O) groups is 2. The monoisotopic (exact) mass is 387 g/mol. The van der Waals surface area contributed by atoms with Crippen LogP contribution >= 0.6 is 11.3 Å². The maximum Gasteiger partial charge on any atom is 0.303 e. The Labute approximate surface area is 163 Å². The number of hydrogen-bond acceptors (Lipinski definition) is 6. The smallest absolute Gasteiger partial charge is 0.303 e. The van der Waals surface area contributed by atoms with E-state index in [2.05, 4.69) is 40.0 Å². The molecule has 2 aromatic rings. The highest BCUT2D eigenvalue weighted by molar-refractivity contribution is 7.13. The predicted molar refractivity (Wildman–Crippen MR) is 106 cm³/mol. The summed E-state index contributed by atoms with van der Waals surface area (Å²) in [6.45, 7) is 5.31. The lowest BCUT2D eigenvalue weighted by Gasteiger charge is -2.32. The number of aromatic nitrogens is 1. The highest BCUT2D eigenvalue weighted by Crippen LogP contribution is 2.25. The first kappa shape index (κ1) is 19.7. The summed E-state index contributed by atoms with van der Waals surface area (Å²) >= 11 is 1.52. The second kappa shape index (κ2) is 9.21. The average Bonchev–Trinajstić information content (AvgIpc) is 3.11. The van der Waals surface area contributed by atoms with E-state index in [9.17, 15) is 9.59 Å². The van der Waals surface area contributed by atoms with Gasteiger partial charge in [0, 0.05) is 56.5 Å². The van der Waals surface area contributed by atoms with Crippen LogP contribution in [-0.2, 0) is 22.6 Å². The van der Waals surface area contributed by atoms with E-state index >= 15 is 0 Å². The molecule has 1 aliphatic rings. The molecule has 0 bridgehead atoms. The molecule has 0 atom stereocenters. The molecule has 1 aromatic carbocycles. The molecule has 27 heavy (non-hydrogen) atoms. The first-order valence-electron chi connectivity index (χ1n) is 9.18. The lowest BCUT2D eigenvalue weighted by molar-refractivity contribution is -0.138. The summed E-state index contributed by atoms with van der Waals surface area (Å²) in [7, 11) is 2.16. The summed E-state index contributed by atoms with van der Waals surface area (Å²) in [5.41, 5.74) is 3.05. The van der Waals surface area contributed by atoms with Crippen molar-refractivity contribution in [3.63, 3.8) is 0 Å². The summed E-state index contributed by atoms with van der Waals surface area (Å²) < 4.78 is 0. The van der Waals surface area contributed by atoms with Crippen LogP contribution in [0.3, 0.4) is 0 Å². The molecule has 1 N–H and O–H groups in total. The van der Waals surface area contributed by atoms with Crippen LogP contribution in [0.4, 0.5) is 0 Å². The first-order chi connectivity index (χ1) is 13.0. The molecule has 144 valence electrons. The molecule has 3 rings (SSSR count). The van der Waals surface area contributed by atoms with Crippen LogP contribution in [0.5, 0.6) is 0 Å². The van der Waals surface area contributed by atoms with E-state index in [0.29, 0.717) is 0 Å². The van der Waals surface area contributed by atoms with Gasteiger partial charge in [-0.1, -0.05) is 18.2 Å². The van der Waals surface area contributed by atoms with Gasteiger partial charge in [0.05, 0.1) is 12.1 Å². The number of hydrogen-bond donors (Lipinski definition) is 1.